The second-order valence-electron chi connectivity index (χ2n) is 6.44. The Morgan fingerprint density at radius 3 is 2.64 bits per heavy atom. The Morgan fingerprint density at radius 2 is 2.00 bits per heavy atom. The van der Waals surface area contributed by atoms with Gasteiger partial charge in [0.05, 0.1) is 12.8 Å². The topological polar surface area (TPSA) is 75.6 Å². The number of halogens is 1. The molecule has 1 aromatic heterocycles. The Balaban J connectivity index is 1.91. The SMILES string of the molecule is COc1ccc(-c2c(C(=O)O)sc3c2NC(=O)CC3c2cccc(F)c2)cc1. The van der Waals surface area contributed by atoms with E-state index in [-0.39, 0.29) is 17.2 Å². The highest BCUT2D eigenvalue weighted by molar-refractivity contribution is 7.15. The number of nitrogens with one attached hydrogen (secondary N) is 1. The van der Waals surface area contributed by atoms with Crippen molar-refractivity contribution in [1.82, 2.24) is 0 Å². The number of amides is 1. The van der Waals surface area contributed by atoms with E-state index in [0.717, 1.165) is 11.3 Å². The van der Waals surface area contributed by atoms with Gasteiger partial charge in [-0.3, -0.25) is 4.79 Å². The fraction of sp³-hybridized carbons (Fsp3) is 0.143. The van der Waals surface area contributed by atoms with Crippen LogP contribution in [0.4, 0.5) is 10.1 Å². The van der Waals surface area contributed by atoms with Crippen molar-refractivity contribution in [3.63, 3.8) is 0 Å². The van der Waals surface area contributed by atoms with Gasteiger partial charge in [-0.15, -0.1) is 11.3 Å². The molecule has 3 aromatic rings. The van der Waals surface area contributed by atoms with E-state index in [0.29, 0.717) is 33.0 Å². The average molecular weight is 397 g/mol. The average Bonchev–Trinajstić information content (AvgIpc) is 3.07. The van der Waals surface area contributed by atoms with Gasteiger partial charge in [0.15, 0.2) is 0 Å². The molecule has 1 unspecified atom stereocenters. The zero-order chi connectivity index (χ0) is 19.8. The Bertz CT molecular complexity index is 1070. The van der Waals surface area contributed by atoms with E-state index >= 15 is 0 Å². The summed E-state index contributed by atoms with van der Waals surface area (Å²) in [6, 6.07) is 13.1. The third-order valence-electron chi connectivity index (χ3n) is 4.73. The molecule has 0 radical (unpaired) electrons. The Hall–Kier alpha value is -3.19. The molecule has 0 aliphatic carbocycles. The van der Waals surface area contributed by atoms with E-state index in [2.05, 4.69) is 5.32 Å². The van der Waals surface area contributed by atoms with Gasteiger partial charge in [-0.2, -0.15) is 0 Å². The first-order valence-electron chi connectivity index (χ1n) is 8.57. The number of aromatic carboxylic acids is 1. The number of carboxylic acid groups (broad SMARTS) is 1. The third-order valence-corrected chi connectivity index (χ3v) is 6.02. The molecule has 0 fully saturated rings. The minimum Gasteiger partial charge on any atom is -0.497 e. The lowest BCUT2D eigenvalue weighted by Crippen LogP contribution is -2.22. The first-order valence-corrected chi connectivity index (χ1v) is 9.39. The number of ether oxygens (including phenoxy) is 1. The smallest absolute Gasteiger partial charge is 0.346 e. The van der Waals surface area contributed by atoms with Crippen LogP contribution in [0.25, 0.3) is 11.1 Å². The molecule has 4 rings (SSSR count). The summed E-state index contributed by atoms with van der Waals surface area (Å²) in [5, 5.41) is 12.6. The van der Waals surface area contributed by atoms with Crippen molar-refractivity contribution in [3.8, 4) is 16.9 Å². The molecule has 0 spiro atoms. The zero-order valence-electron chi connectivity index (χ0n) is 14.9. The number of thiophene rings is 1. The number of hydrogen-bond acceptors (Lipinski definition) is 4. The Morgan fingerprint density at radius 1 is 1.25 bits per heavy atom. The van der Waals surface area contributed by atoms with Gasteiger partial charge < -0.3 is 15.2 Å². The molecule has 2 aromatic carbocycles. The lowest BCUT2D eigenvalue weighted by molar-refractivity contribution is -0.116. The fourth-order valence-corrected chi connectivity index (χ4v) is 4.71. The second-order valence-corrected chi connectivity index (χ2v) is 7.49. The quantitative estimate of drug-likeness (QED) is 0.667. The number of carbonyl (C=O) groups excluding carboxylic acids is 1. The van der Waals surface area contributed by atoms with Gasteiger partial charge >= 0.3 is 5.97 Å². The van der Waals surface area contributed by atoms with Crippen molar-refractivity contribution in [2.75, 3.05) is 12.4 Å². The predicted octanol–water partition coefficient (Wildman–Crippen LogP) is 4.74. The van der Waals surface area contributed by atoms with Crippen LogP contribution in [0.5, 0.6) is 5.75 Å². The van der Waals surface area contributed by atoms with Gasteiger partial charge in [0.1, 0.15) is 16.4 Å². The summed E-state index contributed by atoms with van der Waals surface area (Å²) < 4.78 is 18.9. The van der Waals surface area contributed by atoms with Crippen LogP contribution >= 0.6 is 11.3 Å². The summed E-state index contributed by atoms with van der Waals surface area (Å²) in [6.07, 6.45) is 0.137. The van der Waals surface area contributed by atoms with Crippen molar-refractivity contribution in [2.24, 2.45) is 0 Å². The minimum atomic E-state index is -1.07. The molecule has 1 amide bonds. The summed E-state index contributed by atoms with van der Waals surface area (Å²) in [4.78, 5) is 25.2. The highest BCUT2D eigenvalue weighted by Crippen LogP contribution is 2.49. The monoisotopic (exact) mass is 397 g/mol. The van der Waals surface area contributed by atoms with Gasteiger partial charge in [-0.1, -0.05) is 24.3 Å². The van der Waals surface area contributed by atoms with E-state index in [4.69, 9.17) is 4.74 Å². The van der Waals surface area contributed by atoms with Crippen LogP contribution in [-0.4, -0.2) is 24.1 Å². The van der Waals surface area contributed by atoms with Crippen molar-refractivity contribution in [2.45, 2.75) is 12.3 Å². The first-order chi connectivity index (χ1) is 13.5. The molecule has 5 nitrogen and oxygen atoms in total. The van der Waals surface area contributed by atoms with Crippen LogP contribution in [0.2, 0.25) is 0 Å². The van der Waals surface area contributed by atoms with E-state index in [9.17, 15) is 19.1 Å². The molecule has 142 valence electrons. The summed E-state index contributed by atoms with van der Waals surface area (Å²) in [6.45, 7) is 0. The van der Waals surface area contributed by atoms with Crippen molar-refractivity contribution in [3.05, 3.63) is 69.7 Å². The highest BCUT2D eigenvalue weighted by Gasteiger charge is 2.34. The molecular formula is C21H16FNO4S. The number of fused-ring (bicyclic) bond motifs is 1. The van der Waals surface area contributed by atoms with Gasteiger partial charge in [-0.25, -0.2) is 9.18 Å². The molecule has 0 bridgehead atoms. The van der Waals surface area contributed by atoms with Gasteiger partial charge in [0.25, 0.3) is 0 Å². The van der Waals surface area contributed by atoms with Gasteiger partial charge in [-0.05, 0) is 35.4 Å². The molecule has 1 atom stereocenters. The van der Waals surface area contributed by atoms with Crippen LogP contribution in [0.3, 0.4) is 0 Å². The zero-order valence-corrected chi connectivity index (χ0v) is 15.7. The predicted molar refractivity (Wildman–Crippen MR) is 105 cm³/mol. The number of rotatable bonds is 4. The fourth-order valence-electron chi connectivity index (χ4n) is 3.46. The maximum Gasteiger partial charge on any atom is 0.346 e. The maximum atomic E-state index is 13.7. The van der Waals surface area contributed by atoms with E-state index in [1.165, 1.54) is 12.1 Å². The first kappa shape index (κ1) is 18.2. The van der Waals surface area contributed by atoms with E-state index < -0.39 is 17.7 Å². The molecular weight excluding hydrogens is 381 g/mol. The molecule has 2 heterocycles. The minimum absolute atomic E-state index is 0.137. The van der Waals surface area contributed by atoms with Gasteiger partial charge in [0, 0.05) is 22.8 Å². The molecule has 0 saturated heterocycles. The largest absolute Gasteiger partial charge is 0.497 e. The normalized spacial score (nSPS) is 15.6. The lowest BCUT2D eigenvalue weighted by atomic mass is 9.88. The summed E-state index contributed by atoms with van der Waals surface area (Å²) >= 11 is 1.12. The van der Waals surface area contributed by atoms with Crippen molar-refractivity contribution >= 4 is 28.9 Å². The summed E-state index contributed by atoms with van der Waals surface area (Å²) in [5.74, 6) is -1.44. The Labute approximate surface area is 164 Å². The number of carboxylic acids is 1. The molecule has 0 saturated carbocycles. The van der Waals surface area contributed by atoms with Crippen LogP contribution < -0.4 is 10.1 Å². The van der Waals surface area contributed by atoms with E-state index in [1.807, 2.05) is 0 Å². The molecule has 28 heavy (non-hydrogen) atoms. The maximum absolute atomic E-state index is 13.7. The molecule has 2 N–H and O–H groups in total. The van der Waals surface area contributed by atoms with Crippen LogP contribution in [0.1, 0.15) is 32.5 Å². The van der Waals surface area contributed by atoms with Crippen molar-refractivity contribution < 1.29 is 23.8 Å². The van der Waals surface area contributed by atoms with E-state index in [1.54, 1.807) is 43.5 Å². The summed E-state index contributed by atoms with van der Waals surface area (Å²) in [7, 11) is 1.55. The molecule has 1 aliphatic heterocycles. The number of methoxy groups -OCH3 is 1. The number of carbonyl (C=O) groups is 2. The number of benzene rings is 2. The van der Waals surface area contributed by atoms with Crippen LogP contribution in [0.15, 0.2) is 48.5 Å². The number of anilines is 1. The highest BCUT2D eigenvalue weighted by atomic mass is 32.1. The standard InChI is InChI=1S/C21H16FNO4S/c1-27-14-7-5-11(6-8-14)17-18-19(28-20(17)21(25)26)15(10-16(24)23-18)12-3-2-4-13(22)9-12/h2-9,15H,10H2,1H3,(H,23,24)(H,25,26). The second kappa shape index (κ2) is 7.09. The van der Waals surface area contributed by atoms with Crippen LogP contribution in [0, 0.1) is 5.82 Å². The van der Waals surface area contributed by atoms with Crippen LogP contribution in [-0.2, 0) is 4.79 Å². The summed E-state index contributed by atoms with van der Waals surface area (Å²) in [5.41, 5.74) is 2.26. The van der Waals surface area contributed by atoms with Crippen molar-refractivity contribution in [1.29, 1.82) is 0 Å². The third kappa shape index (κ3) is 3.14. The lowest BCUT2D eigenvalue weighted by Gasteiger charge is -2.24. The molecule has 1 aliphatic rings. The Kier molecular flexibility index (Phi) is 4.60. The number of hydrogen-bond donors (Lipinski definition) is 2. The van der Waals surface area contributed by atoms with Gasteiger partial charge in [0.2, 0.25) is 5.91 Å². The molecule has 7 heteroatoms.